The van der Waals surface area contributed by atoms with Crippen LogP contribution < -0.4 is 9.47 Å². The van der Waals surface area contributed by atoms with Gasteiger partial charge in [0.1, 0.15) is 76.8 Å². The van der Waals surface area contributed by atoms with Crippen LogP contribution in [0.25, 0.3) is 65.0 Å². The molecule has 0 saturated carbocycles. The molecular weight excluding hydrogens is 1130 g/mol. The van der Waals surface area contributed by atoms with E-state index >= 15 is 0 Å². The number of furan rings is 2. The number of phenolic OH excluding ortho intramolecular Hbond substituents is 2. The van der Waals surface area contributed by atoms with Gasteiger partial charge in [-0.05, 0) is 137 Å². The fourth-order valence-electron chi connectivity index (χ4n) is 12.7. The molecule has 2 N–H and O–H groups in total. The molecule has 0 amide bonds. The first-order valence-electron chi connectivity index (χ1n) is 29.6. The van der Waals surface area contributed by atoms with Crippen molar-refractivity contribution < 1.29 is 52.0 Å². The number of hydrogen-bond acceptors (Lipinski definition) is 16. The van der Waals surface area contributed by atoms with Crippen molar-refractivity contribution in [3.8, 4) is 23.0 Å². The summed E-state index contributed by atoms with van der Waals surface area (Å²) in [5.74, 6) is -0.0796. The van der Waals surface area contributed by atoms with E-state index in [1.807, 2.05) is 84.9 Å². The molecule has 8 aromatic carbocycles. The number of rotatable bonds is 14. The largest absolute Gasteiger partial charge is 0.507 e. The topological polar surface area (TPSA) is 177 Å². The predicted octanol–water partition coefficient (Wildman–Crippen LogP) is 13.2. The number of aromatic nitrogens is 2. The number of pyridine rings is 2. The van der Waals surface area contributed by atoms with Gasteiger partial charge in [0.05, 0.1) is 26.3 Å². The zero-order valence-electron chi connectivity index (χ0n) is 49.7. The summed E-state index contributed by atoms with van der Waals surface area (Å²) in [4.78, 5) is 43.7. The Balaban J connectivity index is 0.000000164. The highest BCUT2D eigenvalue weighted by atomic mass is 19.1. The van der Waals surface area contributed by atoms with Crippen molar-refractivity contribution >= 4 is 77.0 Å². The number of methoxy groups -OCH3 is 2. The number of hydrogen-bond donors (Lipinski definition) is 2. The fourth-order valence-corrected chi connectivity index (χ4v) is 12.7. The molecule has 2 aliphatic heterocycles. The molecule has 6 heterocycles. The number of carbonyl (C=O) groups is 2. The summed E-state index contributed by atoms with van der Waals surface area (Å²) in [5.41, 5.74) is 6.54. The van der Waals surface area contributed by atoms with E-state index in [0.717, 1.165) is 90.8 Å². The zero-order valence-corrected chi connectivity index (χ0v) is 49.7. The molecule has 0 spiro atoms. The summed E-state index contributed by atoms with van der Waals surface area (Å²) in [6.07, 6.45) is 9.80. The molecule has 16 nitrogen and oxygen atoms in total. The number of aromatic hydroxyl groups is 2. The number of carbonyl (C=O) groups excluding carboxylic acids is 2. The number of halogens is 1. The number of esters is 2. The molecule has 2 atom stereocenters. The number of phenols is 2. The van der Waals surface area contributed by atoms with Crippen LogP contribution in [0.4, 0.5) is 4.39 Å². The van der Waals surface area contributed by atoms with Crippen LogP contribution >= 0.6 is 0 Å². The predicted molar refractivity (Wildman–Crippen MR) is 340 cm³/mol. The van der Waals surface area contributed by atoms with Crippen molar-refractivity contribution in [2.24, 2.45) is 0 Å². The van der Waals surface area contributed by atoms with Gasteiger partial charge < -0.3 is 47.8 Å². The SMILES string of the molecule is COC(=O)c1coc2c1c(C(c1ccncc1)N1CCN(C)CC1)c(O)c1cc(OCc3ccc4ccccc4c3)ccc12.COC(=O)c1coc2c1c(C(c1ccncc1)N1CCN(C)CC1)c(O)c1cc(OCc3cccc4cc(F)ccc34)ccc12. The van der Waals surface area contributed by atoms with E-state index in [0.29, 0.717) is 72.7 Å². The van der Waals surface area contributed by atoms with Gasteiger partial charge in [0.25, 0.3) is 0 Å². The summed E-state index contributed by atoms with van der Waals surface area (Å²) in [5, 5.41) is 31.9. The summed E-state index contributed by atoms with van der Waals surface area (Å²) < 4.78 is 48.8. The van der Waals surface area contributed by atoms with Crippen LogP contribution in [0.15, 0.2) is 186 Å². The average molecular weight is 1190 g/mol. The van der Waals surface area contributed by atoms with E-state index in [1.165, 1.54) is 44.3 Å². The van der Waals surface area contributed by atoms with Gasteiger partial charge in [-0.3, -0.25) is 19.8 Å². The third-order valence-electron chi connectivity index (χ3n) is 17.4. The average Bonchev–Trinajstić information content (AvgIpc) is 1.82. The van der Waals surface area contributed by atoms with Crippen LogP contribution in [0, 0.1) is 5.82 Å². The molecule has 0 aliphatic carbocycles. The molecule has 89 heavy (non-hydrogen) atoms. The maximum Gasteiger partial charge on any atom is 0.341 e. The lowest BCUT2D eigenvalue weighted by Gasteiger charge is -2.39. The van der Waals surface area contributed by atoms with Gasteiger partial charge in [-0.2, -0.15) is 0 Å². The third-order valence-corrected chi connectivity index (χ3v) is 17.4. The second-order valence-corrected chi connectivity index (χ2v) is 22.7. The monoisotopic (exact) mass is 1190 g/mol. The Labute approximate surface area is 512 Å². The minimum atomic E-state index is -0.546. The third kappa shape index (κ3) is 11.4. The van der Waals surface area contributed by atoms with E-state index in [-0.39, 0.29) is 41.1 Å². The van der Waals surface area contributed by atoms with Crippen molar-refractivity contribution in [2.45, 2.75) is 25.3 Å². The van der Waals surface area contributed by atoms with Gasteiger partial charge in [0, 0.05) is 121 Å². The lowest BCUT2D eigenvalue weighted by atomic mass is 9.89. The number of piperazine rings is 2. The first-order chi connectivity index (χ1) is 43.4. The van der Waals surface area contributed by atoms with E-state index < -0.39 is 18.0 Å². The molecule has 0 bridgehead atoms. The number of likely N-dealkylation sites (N-methyl/N-ethyl adjacent to an activating group) is 2. The van der Waals surface area contributed by atoms with E-state index in [1.54, 1.807) is 36.9 Å². The maximum atomic E-state index is 13.8. The molecule has 12 aromatic rings. The first-order valence-corrected chi connectivity index (χ1v) is 29.6. The molecule has 2 saturated heterocycles. The Morgan fingerprint density at radius 3 is 1.52 bits per heavy atom. The Bertz CT molecular complexity index is 4600. The molecule has 2 aliphatic rings. The van der Waals surface area contributed by atoms with Crippen LogP contribution in [0.3, 0.4) is 0 Å². The van der Waals surface area contributed by atoms with Crippen LogP contribution in [-0.4, -0.2) is 132 Å². The molecule has 4 aromatic heterocycles. The highest BCUT2D eigenvalue weighted by Crippen LogP contribution is 2.50. The minimum Gasteiger partial charge on any atom is -0.507 e. The summed E-state index contributed by atoms with van der Waals surface area (Å²) >= 11 is 0. The fraction of sp³-hybridized carbons (Fsp3) is 0.222. The van der Waals surface area contributed by atoms with Crippen molar-refractivity contribution in [3.63, 3.8) is 0 Å². The first kappa shape index (κ1) is 58.1. The Morgan fingerprint density at radius 1 is 0.517 bits per heavy atom. The quantitative estimate of drug-likeness (QED) is 0.0982. The molecule has 14 rings (SSSR count). The van der Waals surface area contributed by atoms with Gasteiger partial charge in [0.2, 0.25) is 0 Å². The normalized spacial score (nSPS) is 15.1. The second kappa shape index (κ2) is 25.1. The number of fused-ring (bicyclic) bond motifs is 8. The van der Waals surface area contributed by atoms with E-state index in [2.05, 4.69) is 74.0 Å². The number of ether oxygens (including phenoxy) is 4. The van der Waals surface area contributed by atoms with Crippen molar-refractivity contribution in [2.75, 3.05) is 80.7 Å². The summed E-state index contributed by atoms with van der Waals surface area (Å²) in [6, 6.07) is 43.0. The molecule has 0 radical (unpaired) electrons. The molecular formula is C72H65FN6O10. The maximum absolute atomic E-state index is 13.8. The van der Waals surface area contributed by atoms with Crippen LogP contribution in [0.1, 0.15) is 66.2 Å². The van der Waals surface area contributed by atoms with Gasteiger partial charge in [-0.25, -0.2) is 14.0 Å². The molecule has 450 valence electrons. The molecule has 2 fully saturated rings. The number of benzene rings is 8. The summed E-state index contributed by atoms with van der Waals surface area (Å²) in [7, 11) is 6.88. The second-order valence-electron chi connectivity index (χ2n) is 22.7. The minimum absolute atomic E-state index is 0.0379. The molecule has 2 unspecified atom stereocenters. The summed E-state index contributed by atoms with van der Waals surface area (Å²) in [6.45, 7) is 7.16. The van der Waals surface area contributed by atoms with Gasteiger partial charge >= 0.3 is 11.9 Å². The van der Waals surface area contributed by atoms with Crippen molar-refractivity contribution in [3.05, 3.63) is 227 Å². The highest BCUT2D eigenvalue weighted by Gasteiger charge is 2.36. The van der Waals surface area contributed by atoms with E-state index in [4.69, 9.17) is 27.8 Å². The standard InChI is InChI=1S/C36H32FN3O5.C36H33N3O5/c1-39-14-16-40(17-15-39)33(22-10-12-38-13-11-22)32-31-30(36(42)43-2)21-45-35(31)28-9-7-26(19-29(28)34(32)41)44-20-24-5-3-4-23-18-25(37)6-8-27(23)24;1-38-15-17-39(18-16-38)33(25-11-13-37-14-12-25)32-31-30(36(41)42-2)22-44-35(31)28-10-9-27(20-29(28)34(32)40)43-21-23-7-8-24-5-3-4-6-26(24)19-23/h3-13,18-19,21,33,41H,14-17,20H2,1-2H3;3-14,19-20,22,33,40H,15-18,21H2,1-2H3. The molecule has 17 heteroatoms. The van der Waals surface area contributed by atoms with Gasteiger partial charge in [-0.15, -0.1) is 0 Å². The zero-order chi connectivity index (χ0) is 61.3. The Kier molecular flexibility index (Phi) is 16.4. The number of nitrogens with zero attached hydrogens (tertiary/aromatic N) is 6. The highest BCUT2D eigenvalue weighted by molar-refractivity contribution is 6.17. The Morgan fingerprint density at radius 2 is 1.00 bits per heavy atom. The van der Waals surface area contributed by atoms with E-state index in [9.17, 15) is 24.2 Å². The lowest BCUT2D eigenvalue weighted by Crippen LogP contribution is -2.46. The van der Waals surface area contributed by atoms with Crippen molar-refractivity contribution in [1.82, 2.24) is 29.6 Å². The van der Waals surface area contributed by atoms with Crippen LogP contribution in [-0.2, 0) is 22.7 Å². The smallest absolute Gasteiger partial charge is 0.341 e. The lowest BCUT2D eigenvalue weighted by molar-refractivity contribution is 0.0592. The van der Waals surface area contributed by atoms with Crippen LogP contribution in [0.2, 0.25) is 0 Å². The Hall–Kier alpha value is -9.91. The van der Waals surface area contributed by atoms with Gasteiger partial charge in [0.15, 0.2) is 0 Å². The van der Waals surface area contributed by atoms with Gasteiger partial charge in [-0.1, -0.05) is 60.7 Å². The van der Waals surface area contributed by atoms with Crippen LogP contribution in [0.5, 0.6) is 23.0 Å². The van der Waals surface area contributed by atoms with Crippen molar-refractivity contribution in [1.29, 1.82) is 0 Å².